The lowest BCUT2D eigenvalue weighted by Gasteiger charge is -2.20. The molecule has 6 heteroatoms. The number of benzene rings is 1. The lowest BCUT2D eigenvalue weighted by atomic mass is 10.0. The number of aliphatic hydroxyl groups excluding tert-OH is 1. The first-order chi connectivity index (χ1) is 8.19. The van der Waals surface area contributed by atoms with Crippen LogP contribution >= 0.6 is 0 Å². The summed E-state index contributed by atoms with van der Waals surface area (Å²) in [7, 11) is 0. The predicted octanol–water partition coefficient (Wildman–Crippen LogP) is 0.320. The molecule has 0 radical (unpaired) electrons. The number of hydrazine groups is 2. The van der Waals surface area contributed by atoms with E-state index in [1.54, 1.807) is 6.07 Å². The molecule has 0 atom stereocenters. The molecule has 0 unspecified atom stereocenters. The van der Waals surface area contributed by atoms with Gasteiger partial charge in [0.15, 0.2) is 0 Å². The summed E-state index contributed by atoms with van der Waals surface area (Å²) in [6, 6.07) is 4.85. The van der Waals surface area contributed by atoms with Crippen LogP contribution in [0.4, 0.5) is 10.5 Å². The van der Waals surface area contributed by atoms with Gasteiger partial charge in [-0.05, 0) is 30.4 Å². The highest BCUT2D eigenvalue weighted by molar-refractivity contribution is 5.91. The summed E-state index contributed by atoms with van der Waals surface area (Å²) in [4.78, 5) is 11.4. The SMILES string of the molecule is NNC(=O)N(N)c1cccc(C2CC2)c1CO. The van der Waals surface area contributed by atoms with Gasteiger partial charge in [-0.2, -0.15) is 0 Å². The molecule has 0 aliphatic heterocycles. The predicted molar refractivity (Wildman–Crippen MR) is 63.7 cm³/mol. The van der Waals surface area contributed by atoms with Gasteiger partial charge in [-0.15, -0.1) is 0 Å². The summed E-state index contributed by atoms with van der Waals surface area (Å²) in [6.45, 7) is -0.145. The van der Waals surface area contributed by atoms with E-state index in [9.17, 15) is 9.90 Å². The maximum atomic E-state index is 11.4. The first-order valence-electron chi connectivity index (χ1n) is 5.47. The van der Waals surface area contributed by atoms with E-state index in [1.165, 1.54) is 0 Å². The van der Waals surface area contributed by atoms with Crippen molar-refractivity contribution in [1.82, 2.24) is 5.43 Å². The Morgan fingerprint density at radius 2 is 2.24 bits per heavy atom. The van der Waals surface area contributed by atoms with Crippen LogP contribution in [-0.4, -0.2) is 11.1 Å². The van der Waals surface area contributed by atoms with Gasteiger partial charge in [0.25, 0.3) is 0 Å². The first-order valence-corrected chi connectivity index (χ1v) is 5.47. The Morgan fingerprint density at radius 3 is 2.76 bits per heavy atom. The van der Waals surface area contributed by atoms with Crippen LogP contribution in [0.2, 0.25) is 0 Å². The number of urea groups is 1. The molecule has 6 nitrogen and oxygen atoms in total. The Bertz CT molecular complexity index is 431. The van der Waals surface area contributed by atoms with Gasteiger partial charge in [0.05, 0.1) is 12.3 Å². The van der Waals surface area contributed by atoms with E-state index in [4.69, 9.17) is 11.7 Å². The number of amides is 2. The second kappa shape index (κ2) is 4.70. The lowest BCUT2D eigenvalue weighted by molar-refractivity contribution is 0.246. The Morgan fingerprint density at radius 1 is 1.53 bits per heavy atom. The molecule has 0 spiro atoms. The molecule has 1 aliphatic carbocycles. The minimum atomic E-state index is -0.618. The number of nitrogens with one attached hydrogen (secondary N) is 1. The number of carbonyl (C=O) groups is 1. The van der Waals surface area contributed by atoms with E-state index in [-0.39, 0.29) is 6.61 Å². The zero-order valence-corrected chi connectivity index (χ0v) is 9.39. The third-order valence-corrected chi connectivity index (χ3v) is 2.96. The van der Waals surface area contributed by atoms with Crippen molar-refractivity contribution >= 4 is 11.7 Å². The highest BCUT2D eigenvalue weighted by atomic mass is 16.3. The van der Waals surface area contributed by atoms with Crippen LogP contribution < -0.4 is 22.1 Å². The van der Waals surface area contributed by atoms with Gasteiger partial charge in [0, 0.05) is 5.56 Å². The third-order valence-electron chi connectivity index (χ3n) is 2.96. The monoisotopic (exact) mass is 236 g/mol. The van der Waals surface area contributed by atoms with Crippen LogP contribution in [0.5, 0.6) is 0 Å². The first kappa shape index (κ1) is 11.8. The number of anilines is 1. The second-order valence-electron chi connectivity index (χ2n) is 4.10. The van der Waals surface area contributed by atoms with Gasteiger partial charge in [0.2, 0.25) is 0 Å². The lowest BCUT2D eigenvalue weighted by Crippen LogP contribution is -2.48. The molecule has 0 saturated heterocycles. The van der Waals surface area contributed by atoms with Crippen molar-refractivity contribution in [2.75, 3.05) is 5.01 Å². The van der Waals surface area contributed by atoms with Crippen molar-refractivity contribution in [3.8, 4) is 0 Å². The molecule has 2 amide bonds. The van der Waals surface area contributed by atoms with Gasteiger partial charge in [0.1, 0.15) is 0 Å². The number of nitrogens with two attached hydrogens (primary N) is 2. The molecule has 0 bridgehead atoms. The minimum absolute atomic E-state index is 0.145. The van der Waals surface area contributed by atoms with Crippen molar-refractivity contribution in [1.29, 1.82) is 0 Å². The highest BCUT2D eigenvalue weighted by Gasteiger charge is 2.28. The smallest absolute Gasteiger partial charge is 0.350 e. The van der Waals surface area contributed by atoms with Crippen molar-refractivity contribution in [2.45, 2.75) is 25.4 Å². The van der Waals surface area contributed by atoms with Crippen LogP contribution in [-0.2, 0) is 6.61 Å². The number of nitrogens with zero attached hydrogens (tertiary/aromatic N) is 1. The molecule has 6 N–H and O–H groups in total. The van der Waals surface area contributed by atoms with Gasteiger partial charge < -0.3 is 5.11 Å². The van der Waals surface area contributed by atoms with E-state index < -0.39 is 6.03 Å². The maximum Gasteiger partial charge on any atom is 0.350 e. The van der Waals surface area contributed by atoms with Gasteiger partial charge in [-0.1, -0.05) is 12.1 Å². The van der Waals surface area contributed by atoms with Gasteiger partial charge in [-0.25, -0.2) is 21.5 Å². The molecule has 1 aromatic carbocycles. The molecular weight excluding hydrogens is 220 g/mol. The normalized spacial score (nSPS) is 14.5. The molecule has 0 heterocycles. The fourth-order valence-electron chi connectivity index (χ4n) is 1.95. The minimum Gasteiger partial charge on any atom is -0.392 e. The largest absolute Gasteiger partial charge is 0.392 e. The fourth-order valence-corrected chi connectivity index (χ4v) is 1.95. The zero-order valence-electron chi connectivity index (χ0n) is 9.39. The molecule has 92 valence electrons. The second-order valence-corrected chi connectivity index (χ2v) is 4.10. The molecular formula is C11H16N4O2. The quantitative estimate of drug-likeness (QED) is 0.344. The molecule has 2 rings (SSSR count). The Balaban J connectivity index is 2.38. The van der Waals surface area contributed by atoms with Crippen LogP contribution in [0.25, 0.3) is 0 Å². The highest BCUT2D eigenvalue weighted by Crippen LogP contribution is 2.43. The number of hydrogen-bond acceptors (Lipinski definition) is 4. The van der Waals surface area contributed by atoms with E-state index in [2.05, 4.69) is 0 Å². The topological polar surface area (TPSA) is 105 Å². The van der Waals surface area contributed by atoms with Gasteiger partial charge >= 0.3 is 6.03 Å². The molecule has 1 fully saturated rings. The van der Waals surface area contributed by atoms with Crippen molar-refractivity contribution in [2.24, 2.45) is 11.7 Å². The van der Waals surface area contributed by atoms with E-state index in [1.807, 2.05) is 17.6 Å². The molecule has 17 heavy (non-hydrogen) atoms. The average Bonchev–Trinajstić information content (AvgIpc) is 3.20. The van der Waals surface area contributed by atoms with Crippen molar-refractivity contribution in [3.05, 3.63) is 29.3 Å². The molecule has 1 aliphatic rings. The number of hydrogen-bond donors (Lipinski definition) is 4. The van der Waals surface area contributed by atoms with Crippen LogP contribution in [0.1, 0.15) is 29.9 Å². The molecule has 1 saturated carbocycles. The van der Waals surface area contributed by atoms with Crippen LogP contribution in [0, 0.1) is 0 Å². The number of rotatable bonds is 3. The maximum absolute atomic E-state index is 11.4. The zero-order chi connectivity index (χ0) is 12.4. The van der Waals surface area contributed by atoms with Crippen LogP contribution in [0.15, 0.2) is 18.2 Å². The summed E-state index contributed by atoms with van der Waals surface area (Å²) in [5.41, 5.74) is 4.20. The Labute approximate surface area is 99.1 Å². The van der Waals surface area contributed by atoms with E-state index in [0.29, 0.717) is 17.2 Å². The summed E-state index contributed by atoms with van der Waals surface area (Å²) in [6.07, 6.45) is 2.23. The third kappa shape index (κ3) is 2.23. The average molecular weight is 236 g/mol. The van der Waals surface area contributed by atoms with Crippen molar-refractivity contribution < 1.29 is 9.90 Å². The summed E-state index contributed by atoms with van der Waals surface area (Å²) >= 11 is 0. The Hall–Kier alpha value is -1.63. The fraction of sp³-hybridized carbons (Fsp3) is 0.364. The summed E-state index contributed by atoms with van der Waals surface area (Å²) in [5, 5.41) is 10.3. The molecule has 0 aromatic heterocycles. The van der Waals surface area contributed by atoms with E-state index >= 15 is 0 Å². The Kier molecular flexibility index (Phi) is 3.28. The molecule has 1 aromatic rings. The number of carbonyl (C=O) groups excluding carboxylic acids is 1. The van der Waals surface area contributed by atoms with Crippen molar-refractivity contribution in [3.63, 3.8) is 0 Å². The summed E-state index contributed by atoms with van der Waals surface area (Å²) < 4.78 is 0. The van der Waals surface area contributed by atoms with Gasteiger partial charge in [-0.3, -0.25) is 5.43 Å². The van der Waals surface area contributed by atoms with E-state index in [0.717, 1.165) is 23.4 Å². The van der Waals surface area contributed by atoms with Crippen LogP contribution in [0.3, 0.4) is 0 Å². The standard InChI is InChI=1S/C11H16N4O2/c12-14-11(17)15(13)10-3-1-2-8(7-4-5-7)9(10)6-16/h1-3,7,16H,4-6,12-13H2,(H,14,17). The summed E-state index contributed by atoms with van der Waals surface area (Å²) in [5.74, 6) is 11.2. The number of aliphatic hydroxyl groups is 1.